The van der Waals surface area contributed by atoms with E-state index < -0.39 is 0 Å². The maximum atomic E-state index is 14.0. The molecule has 0 aliphatic heterocycles. The predicted molar refractivity (Wildman–Crippen MR) is 106 cm³/mol. The molecule has 3 aromatic rings. The molecule has 1 aliphatic rings. The van der Waals surface area contributed by atoms with E-state index in [0.717, 1.165) is 17.2 Å². The molecule has 4 rings (SSSR count). The first kappa shape index (κ1) is 18.2. The van der Waals surface area contributed by atoms with Gasteiger partial charge in [-0.15, -0.1) is 11.3 Å². The van der Waals surface area contributed by atoms with Crippen LogP contribution in [0.4, 0.5) is 4.39 Å². The number of hydrogen-bond acceptors (Lipinski definition) is 3. The molecule has 1 N–H and O–H groups in total. The first-order valence-corrected chi connectivity index (χ1v) is 10.6. The van der Waals surface area contributed by atoms with Crippen molar-refractivity contribution in [3.8, 4) is 11.3 Å². The van der Waals surface area contributed by atoms with Gasteiger partial charge in [0.2, 0.25) is 5.91 Å². The minimum Gasteiger partial charge on any atom is -0.356 e. The molecule has 0 atom stereocenters. The molecule has 0 saturated heterocycles. The summed E-state index contributed by atoms with van der Waals surface area (Å²) in [4.78, 5) is 17.6. The van der Waals surface area contributed by atoms with Gasteiger partial charge in [0.15, 0.2) is 4.96 Å². The van der Waals surface area contributed by atoms with E-state index in [1.54, 1.807) is 12.1 Å². The fourth-order valence-corrected chi connectivity index (χ4v) is 4.69. The summed E-state index contributed by atoms with van der Waals surface area (Å²) in [5.74, 6) is 0.480. The van der Waals surface area contributed by atoms with Gasteiger partial charge in [0.1, 0.15) is 5.82 Å². The van der Waals surface area contributed by atoms with E-state index in [1.165, 1.54) is 49.5 Å². The van der Waals surface area contributed by atoms with Crippen LogP contribution in [-0.4, -0.2) is 21.8 Å². The second-order valence-electron chi connectivity index (χ2n) is 7.29. The highest BCUT2D eigenvalue weighted by Crippen LogP contribution is 2.26. The smallest absolute Gasteiger partial charge is 0.220 e. The van der Waals surface area contributed by atoms with Gasteiger partial charge in [-0.2, -0.15) is 0 Å². The molecular formula is C21H24FN3OS. The van der Waals surface area contributed by atoms with E-state index in [9.17, 15) is 9.18 Å². The molecule has 1 saturated carbocycles. The monoisotopic (exact) mass is 385 g/mol. The number of carbonyl (C=O) groups excluding carboxylic acids is 1. The van der Waals surface area contributed by atoms with Crippen molar-refractivity contribution < 1.29 is 9.18 Å². The Morgan fingerprint density at radius 3 is 2.89 bits per heavy atom. The Bertz CT molecular complexity index is 927. The molecule has 1 amide bonds. The Balaban J connectivity index is 1.37. The molecule has 1 fully saturated rings. The molecule has 0 unspecified atom stereocenters. The predicted octanol–water partition coefficient (Wildman–Crippen LogP) is 4.83. The maximum Gasteiger partial charge on any atom is 0.220 e. The van der Waals surface area contributed by atoms with Gasteiger partial charge < -0.3 is 5.32 Å². The number of nitrogens with one attached hydrogen (secondary N) is 1. The molecule has 0 spiro atoms. The van der Waals surface area contributed by atoms with E-state index in [4.69, 9.17) is 0 Å². The van der Waals surface area contributed by atoms with E-state index >= 15 is 0 Å². The first-order valence-electron chi connectivity index (χ1n) is 9.68. The Labute approximate surface area is 162 Å². The number of rotatable bonds is 6. The molecule has 0 bridgehead atoms. The van der Waals surface area contributed by atoms with Gasteiger partial charge >= 0.3 is 0 Å². The SMILES string of the molecule is O=C(CCc1csc2nc(-c3ccccc3F)cn12)NCC1CCCCC1. The largest absolute Gasteiger partial charge is 0.356 e. The normalized spacial score (nSPS) is 15.3. The number of imidazole rings is 1. The highest BCUT2D eigenvalue weighted by molar-refractivity contribution is 7.15. The molecule has 1 aliphatic carbocycles. The van der Waals surface area contributed by atoms with Crippen molar-refractivity contribution in [3.63, 3.8) is 0 Å². The maximum absolute atomic E-state index is 14.0. The molecule has 27 heavy (non-hydrogen) atoms. The van der Waals surface area contributed by atoms with Gasteiger partial charge in [-0.1, -0.05) is 31.4 Å². The van der Waals surface area contributed by atoms with Crippen molar-refractivity contribution in [3.05, 3.63) is 47.4 Å². The average molecular weight is 386 g/mol. The summed E-state index contributed by atoms with van der Waals surface area (Å²) in [6, 6.07) is 6.67. The van der Waals surface area contributed by atoms with Gasteiger partial charge in [-0.25, -0.2) is 9.37 Å². The standard InChI is InChI=1S/C21H24FN3OS/c22-18-9-5-4-8-17(18)19-13-25-16(14-27-21(25)24-19)10-11-20(26)23-12-15-6-2-1-3-7-15/h4-5,8-9,13-15H,1-3,6-7,10-12H2,(H,23,26). The molecule has 2 heterocycles. The van der Waals surface area contributed by atoms with Crippen molar-refractivity contribution >= 4 is 22.2 Å². The molecule has 142 valence electrons. The Morgan fingerprint density at radius 2 is 2.07 bits per heavy atom. The Hall–Kier alpha value is -2.21. The topological polar surface area (TPSA) is 46.4 Å². The molecular weight excluding hydrogens is 361 g/mol. The van der Waals surface area contributed by atoms with Crippen molar-refractivity contribution in [1.29, 1.82) is 0 Å². The number of fused-ring (bicyclic) bond motifs is 1. The molecule has 0 radical (unpaired) electrons. The third-order valence-corrected chi connectivity index (χ3v) is 6.24. The van der Waals surface area contributed by atoms with Crippen LogP contribution in [0, 0.1) is 11.7 Å². The summed E-state index contributed by atoms with van der Waals surface area (Å²) >= 11 is 1.52. The Kier molecular flexibility index (Phi) is 5.53. The summed E-state index contributed by atoms with van der Waals surface area (Å²) in [6.45, 7) is 0.806. The van der Waals surface area contributed by atoms with Crippen LogP contribution in [-0.2, 0) is 11.2 Å². The van der Waals surface area contributed by atoms with Crippen LogP contribution >= 0.6 is 11.3 Å². The van der Waals surface area contributed by atoms with Crippen molar-refractivity contribution in [2.24, 2.45) is 5.92 Å². The zero-order valence-electron chi connectivity index (χ0n) is 15.3. The van der Waals surface area contributed by atoms with Gasteiger partial charge in [0.05, 0.1) is 5.69 Å². The van der Waals surface area contributed by atoms with Crippen LogP contribution in [0.25, 0.3) is 16.2 Å². The average Bonchev–Trinajstić information content (AvgIpc) is 3.27. The van der Waals surface area contributed by atoms with Gasteiger partial charge in [-0.3, -0.25) is 9.20 Å². The highest BCUT2D eigenvalue weighted by Gasteiger charge is 2.15. The molecule has 1 aromatic carbocycles. The van der Waals surface area contributed by atoms with E-state index in [1.807, 2.05) is 22.0 Å². The number of nitrogens with zero attached hydrogens (tertiary/aromatic N) is 2. The second kappa shape index (κ2) is 8.21. The van der Waals surface area contributed by atoms with Gasteiger partial charge in [0.25, 0.3) is 0 Å². The summed E-state index contributed by atoms with van der Waals surface area (Å²) in [5, 5.41) is 5.12. The number of benzene rings is 1. The van der Waals surface area contributed by atoms with Crippen LogP contribution in [0.15, 0.2) is 35.8 Å². The van der Waals surface area contributed by atoms with E-state index in [2.05, 4.69) is 10.3 Å². The number of aromatic nitrogens is 2. The van der Waals surface area contributed by atoms with Crippen LogP contribution in [0.3, 0.4) is 0 Å². The highest BCUT2D eigenvalue weighted by atomic mass is 32.1. The minimum absolute atomic E-state index is 0.106. The first-order chi connectivity index (χ1) is 13.2. The van der Waals surface area contributed by atoms with E-state index in [-0.39, 0.29) is 11.7 Å². The summed E-state index contributed by atoms with van der Waals surface area (Å²) in [5.41, 5.74) is 2.17. The lowest BCUT2D eigenvalue weighted by molar-refractivity contribution is -0.121. The van der Waals surface area contributed by atoms with Gasteiger partial charge in [0, 0.05) is 35.8 Å². The second-order valence-corrected chi connectivity index (χ2v) is 8.13. The zero-order chi connectivity index (χ0) is 18.6. The van der Waals surface area contributed by atoms with Crippen molar-refractivity contribution in [2.45, 2.75) is 44.9 Å². The minimum atomic E-state index is -0.271. The van der Waals surface area contributed by atoms with Crippen molar-refractivity contribution in [2.75, 3.05) is 6.54 Å². The number of hydrogen-bond donors (Lipinski definition) is 1. The van der Waals surface area contributed by atoms with Gasteiger partial charge in [-0.05, 0) is 37.3 Å². The fourth-order valence-electron chi connectivity index (χ4n) is 3.79. The third-order valence-electron chi connectivity index (χ3n) is 5.35. The number of aryl methyl sites for hydroxylation is 1. The van der Waals surface area contributed by atoms with E-state index in [0.29, 0.717) is 30.0 Å². The van der Waals surface area contributed by atoms with Crippen LogP contribution < -0.4 is 5.32 Å². The molecule has 2 aromatic heterocycles. The van der Waals surface area contributed by atoms with Crippen LogP contribution in [0.2, 0.25) is 0 Å². The lowest BCUT2D eigenvalue weighted by Gasteiger charge is -2.21. The number of halogens is 1. The fraction of sp³-hybridized carbons (Fsp3) is 0.429. The zero-order valence-corrected chi connectivity index (χ0v) is 16.1. The number of thiazole rings is 1. The lowest BCUT2D eigenvalue weighted by atomic mass is 9.89. The number of amides is 1. The molecule has 4 nitrogen and oxygen atoms in total. The lowest BCUT2D eigenvalue weighted by Crippen LogP contribution is -2.30. The van der Waals surface area contributed by atoms with Crippen LogP contribution in [0.5, 0.6) is 0 Å². The molecule has 6 heteroatoms. The summed E-state index contributed by atoms with van der Waals surface area (Å²) < 4.78 is 16.0. The summed E-state index contributed by atoms with van der Waals surface area (Å²) in [6.07, 6.45) is 9.36. The van der Waals surface area contributed by atoms with Crippen molar-refractivity contribution in [1.82, 2.24) is 14.7 Å². The Morgan fingerprint density at radius 1 is 1.26 bits per heavy atom. The van der Waals surface area contributed by atoms with Crippen LogP contribution in [0.1, 0.15) is 44.2 Å². The third kappa shape index (κ3) is 4.21. The quantitative estimate of drug-likeness (QED) is 0.660. The summed E-state index contributed by atoms with van der Waals surface area (Å²) in [7, 11) is 0. The number of carbonyl (C=O) groups is 1.